The van der Waals surface area contributed by atoms with Crippen molar-refractivity contribution >= 4 is 49.9 Å². The molecule has 0 bridgehead atoms. The molecule has 1 aliphatic heterocycles. The number of likely N-dealkylation sites (N-methyl/N-ethyl adjacent to an activating group) is 1. The van der Waals surface area contributed by atoms with Crippen LogP contribution in [-0.4, -0.2) is 57.4 Å². The van der Waals surface area contributed by atoms with E-state index in [-0.39, 0.29) is 17.2 Å². The summed E-state index contributed by atoms with van der Waals surface area (Å²) in [5.41, 5.74) is 2.44. The fraction of sp³-hybridized carbons (Fsp3) is 0.304. The first-order chi connectivity index (χ1) is 15.6. The van der Waals surface area contributed by atoms with Gasteiger partial charge < -0.3 is 15.1 Å². The van der Waals surface area contributed by atoms with E-state index in [2.05, 4.69) is 27.1 Å². The zero-order chi connectivity index (χ0) is 23.8. The Balaban J connectivity index is 1.66. The number of hydrogen-bond donors (Lipinski definition) is 2. The molecule has 2 aromatic carbocycles. The zero-order valence-electron chi connectivity index (χ0n) is 18.5. The summed E-state index contributed by atoms with van der Waals surface area (Å²) >= 11 is 6.25. The lowest BCUT2D eigenvalue weighted by molar-refractivity contribution is -0.115. The van der Waals surface area contributed by atoms with Crippen molar-refractivity contribution < 1.29 is 13.2 Å². The number of nitrogens with one attached hydrogen (secondary N) is 1. The second kappa shape index (κ2) is 9.26. The number of piperazine rings is 1. The van der Waals surface area contributed by atoms with Gasteiger partial charge in [0.1, 0.15) is 5.82 Å². The molecule has 0 radical (unpaired) electrons. The maximum Gasteiger partial charge on any atom is 0.238 e. The van der Waals surface area contributed by atoms with Crippen LogP contribution in [-0.2, 0) is 21.2 Å². The fourth-order valence-corrected chi connectivity index (χ4v) is 4.96. The van der Waals surface area contributed by atoms with E-state index in [9.17, 15) is 13.2 Å². The third kappa shape index (κ3) is 5.44. The Morgan fingerprint density at radius 3 is 2.52 bits per heavy atom. The van der Waals surface area contributed by atoms with Crippen molar-refractivity contribution in [3.8, 4) is 0 Å². The van der Waals surface area contributed by atoms with Crippen molar-refractivity contribution in [2.24, 2.45) is 5.14 Å². The molecule has 174 valence electrons. The fourth-order valence-electron chi connectivity index (χ4n) is 3.88. The van der Waals surface area contributed by atoms with Gasteiger partial charge in [-0.1, -0.05) is 23.7 Å². The Hall–Kier alpha value is -2.72. The van der Waals surface area contributed by atoms with Crippen molar-refractivity contribution in [2.45, 2.75) is 18.2 Å². The minimum absolute atomic E-state index is 0.0522. The molecule has 0 unspecified atom stereocenters. The molecular formula is C23H26ClN5O3S. The number of pyridine rings is 1. The van der Waals surface area contributed by atoms with Crippen LogP contribution in [0.2, 0.25) is 5.02 Å². The molecule has 2 heterocycles. The average molecular weight is 488 g/mol. The van der Waals surface area contributed by atoms with Crippen LogP contribution in [0.4, 0.5) is 11.5 Å². The van der Waals surface area contributed by atoms with Crippen LogP contribution in [0.15, 0.2) is 47.4 Å². The third-order valence-corrected chi connectivity index (χ3v) is 7.03. The SMILES string of the molecule is Cc1ccc(CC(=O)Nc2cc(S(N)(=O)=O)c3ccc(N4CCN(C)CC4)nc3c2)c(Cl)c1. The highest BCUT2D eigenvalue weighted by atomic mass is 35.5. The molecule has 0 aliphatic carbocycles. The number of carbonyl (C=O) groups excluding carboxylic acids is 1. The van der Waals surface area contributed by atoms with Crippen molar-refractivity contribution in [3.63, 3.8) is 0 Å². The molecule has 33 heavy (non-hydrogen) atoms. The van der Waals surface area contributed by atoms with Crippen LogP contribution in [0.5, 0.6) is 0 Å². The standard InChI is InChI=1S/C23H26ClN5O3S/c1-15-3-4-16(19(24)11-15)12-23(30)26-17-13-20-18(21(14-17)33(25,31)32)5-6-22(27-20)29-9-7-28(2)8-10-29/h3-6,11,13-14H,7-10,12H2,1-2H3,(H,26,30)(H2,25,31,32). The van der Waals surface area contributed by atoms with E-state index in [4.69, 9.17) is 16.7 Å². The normalized spacial score (nSPS) is 15.1. The molecular weight excluding hydrogens is 462 g/mol. The minimum atomic E-state index is -4.04. The van der Waals surface area contributed by atoms with Gasteiger partial charge in [-0.3, -0.25) is 4.79 Å². The second-order valence-corrected chi connectivity index (χ2v) is 10.3. The molecule has 0 saturated carbocycles. The molecule has 4 rings (SSSR count). The number of amides is 1. The van der Waals surface area contributed by atoms with Crippen LogP contribution in [0, 0.1) is 6.92 Å². The molecule has 8 nitrogen and oxygen atoms in total. The summed E-state index contributed by atoms with van der Waals surface area (Å²) in [6, 6.07) is 12.0. The summed E-state index contributed by atoms with van der Waals surface area (Å²) in [5, 5.41) is 9.16. The van der Waals surface area contributed by atoms with E-state index in [1.165, 1.54) is 6.07 Å². The summed E-state index contributed by atoms with van der Waals surface area (Å²) in [4.78, 5) is 21.7. The number of halogens is 1. The molecule has 3 N–H and O–H groups in total. The van der Waals surface area contributed by atoms with E-state index in [0.717, 1.165) is 37.6 Å². The summed E-state index contributed by atoms with van der Waals surface area (Å²) < 4.78 is 24.6. The first-order valence-electron chi connectivity index (χ1n) is 10.6. The number of fused-ring (bicyclic) bond motifs is 1. The molecule has 10 heteroatoms. The quantitative estimate of drug-likeness (QED) is 0.572. The van der Waals surface area contributed by atoms with Gasteiger partial charge in [-0.2, -0.15) is 0 Å². The molecule has 0 atom stereocenters. The monoisotopic (exact) mass is 487 g/mol. The van der Waals surface area contributed by atoms with E-state index in [1.54, 1.807) is 30.3 Å². The van der Waals surface area contributed by atoms with Crippen LogP contribution in [0.3, 0.4) is 0 Å². The second-order valence-electron chi connectivity index (χ2n) is 8.37. The maximum absolute atomic E-state index is 12.7. The topological polar surface area (TPSA) is 109 Å². The van der Waals surface area contributed by atoms with Gasteiger partial charge in [0.15, 0.2) is 0 Å². The highest BCUT2D eigenvalue weighted by Crippen LogP contribution is 2.29. The van der Waals surface area contributed by atoms with E-state index >= 15 is 0 Å². The Bertz CT molecular complexity index is 1320. The Kier molecular flexibility index (Phi) is 6.58. The van der Waals surface area contributed by atoms with Gasteiger partial charge in [-0.25, -0.2) is 18.5 Å². The number of carbonyl (C=O) groups is 1. The van der Waals surface area contributed by atoms with Gasteiger partial charge in [0.2, 0.25) is 15.9 Å². The molecule has 1 amide bonds. The Morgan fingerprint density at radius 1 is 1.12 bits per heavy atom. The van der Waals surface area contributed by atoms with Crippen LogP contribution in [0.25, 0.3) is 10.9 Å². The van der Waals surface area contributed by atoms with Crippen LogP contribution < -0.4 is 15.4 Å². The number of benzene rings is 2. The van der Waals surface area contributed by atoms with Crippen molar-refractivity contribution in [3.05, 3.63) is 58.6 Å². The van der Waals surface area contributed by atoms with Crippen LogP contribution >= 0.6 is 11.6 Å². The molecule has 1 fully saturated rings. The highest BCUT2D eigenvalue weighted by molar-refractivity contribution is 7.89. The predicted molar refractivity (Wildman–Crippen MR) is 131 cm³/mol. The first kappa shape index (κ1) is 23.4. The average Bonchev–Trinajstić information content (AvgIpc) is 2.74. The number of aryl methyl sites for hydroxylation is 1. The number of sulfonamides is 1. The number of primary sulfonamides is 1. The van der Waals surface area contributed by atoms with Crippen molar-refractivity contribution in [2.75, 3.05) is 43.4 Å². The molecule has 1 aliphatic rings. The van der Waals surface area contributed by atoms with Gasteiger partial charge in [-0.05, 0) is 55.4 Å². The smallest absolute Gasteiger partial charge is 0.238 e. The summed E-state index contributed by atoms with van der Waals surface area (Å²) in [6.07, 6.45) is 0.0522. The van der Waals surface area contributed by atoms with Crippen molar-refractivity contribution in [1.29, 1.82) is 0 Å². The largest absolute Gasteiger partial charge is 0.354 e. The Morgan fingerprint density at radius 2 is 1.85 bits per heavy atom. The van der Waals surface area contributed by atoms with Gasteiger partial charge in [0.05, 0.1) is 16.8 Å². The number of aromatic nitrogens is 1. The number of nitrogens with zero attached hydrogens (tertiary/aromatic N) is 3. The van der Waals surface area contributed by atoms with Gasteiger partial charge >= 0.3 is 0 Å². The van der Waals surface area contributed by atoms with E-state index in [1.807, 2.05) is 13.0 Å². The number of nitrogens with two attached hydrogens (primary N) is 1. The molecule has 1 aromatic heterocycles. The lowest BCUT2D eigenvalue weighted by atomic mass is 10.1. The number of hydrogen-bond acceptors (Lipinski definition) is 6. The molecule has 1 saturated heterocycles. The maximum atomic E-state index is 12.7. The lowest BCUT2D eigenvalue weighted by Gasteiger charge is -2.33. The van der Waals surface area contributed by atoms with Gasteiger partial charge in [0.25, 0.3) is 0 Å². The van der Waals surface area contributed by atoms with E-state index in [0.29, 0.717) is 27.2 Å². The third-order valence-electron chi connectivity index (χ3n) is 5.73. The zero-order valence-corrected chi connectivity index (χ0v) is 20.1. The highest BCUT2D eigenvalue weighted by Gasteiger charge is 2.20. The van der Waals surface area contributed by atoms with Crippen LogP contribution in [0.1, 0.15) is 11.1 Å². The van der Waals surface area contributed by atoms with Gasteiger partial charge in [-0.15, -0.1) is 0 Å². The number of anilines is 2. The van der Waals surface area contributed by atoms with E-state index < -0.39 is 10.0 Å². The van der Waals surface area contributed by atoms with Crippen molar-refractivity contribution in [1.82, 2.24) is 9.88 Å². The summed E-state index contributed by atoms with van der Waals surface area (Å²) in [6.45, 7) is 5.40. The lowest BCUT2D eigenvalue weighted by Crippen LogP contribution is -2.44. The number of rotatable bonds is 5. The minimum Gasteiger partial charge on any atom is -0.354 e. The summed E-state index contributed by atoms with van der Waals surface area (Å²) in [5.74, 6) is 0.432. The molecule has 3 aromatic rings. The van der Waals surface area contributed by atoms with Gasteiger partial charge in [0, 0.05) is 42.3 Å². The Labute approximate surface area is 198 Å². The predicted octanol–water partition coefficient (Wildman–Crippen LogP) is 2.78. The first-order valence-corrected chi connectivity index (χ1v) is 12.5. The molecule has 0 spiro atoms. The summed E-state index contributed by atoms with van der Waals surface area (Å²) in [7, 11) is -1.96.